The van der Waals surface area contributed by atoms with Gasteiger partial charge < -0.3 is 11.1 Å². The minimum absolute atomic E-state index is 0.683. The molecule has 3 N–H and O–H groups in total. The summed E-state index contributed by atoms with van der Waals surface area (Å²) < 4.78 is 1.13. The molecule has 0 amide bonds. The van der Waals surface area contributed by atoms with Gasteiger partial charge in [0.15, 0.2) is 0 Å². The first-order valence-corrected chi connectivity index (χ1v) is 7.26. The molecule has 0 aliphatic carbocycles. The standard InChI is InChI=1S/C12H12N4S2/c1-7-16-11-3-10(9(13)2-12(11)18-7)14-4-8-5-17-6-15-8/h2-3,5-6,14H,4,13H2,1H3. The summed E-state index contributed by atoms with van der Waals surface area (Å²) in [6, 6.07) is 3.98. The van der Waals surface area contributed by atoms with E-state index in [1.807, 2.05) is 29.9 Å². The first-order chi connectivity index (χ1) is 8.72. The summed E-state index contributed by atoms with van der Waals surface area (Å²) in [4.78, 5) is 8.70. The van der Waals surface area contributed by atoms with Gasteiger partial charge in [-0.2, -0.15) is 0 Å². The maximum Gasteiger partial charge on any atom is 0.0907 e. The quantitative estimate of drug-likeness (QED) is 0.721. The zero-order chi connectivity index (χ0) is 12.5. The van der Waals surface area contributed by atoms with Gasteiger partial charge in [0.05, 0.1) is 44.3 Å². The maximum atomic E-state index is 6.03. The average molecular weight is 276 g/mol. The van der Waals surface area contributed by atoms with E-state index in [2.05, 4.69) is 15.3 Å². The summed E-state index contributed by atoms with van der Waals surface area (Å²) in [7, 11) is 0. The Balaban J connectivity index is 1.88. The number of hydrogen-bond acceptors (Lipinski definition) is 6. The average Bonchev–Trinajstić information content (AvgIpc) is 2.94. The molecule has 0 aliphatic heterocycles. The largest absolute Gasteiger partial charge is 0.397 e. The van der Waals surface area contributed by atoms with E-state index < -0.39 is 0 Å². The number of nitrogens with zero attached hydrogens (tertiary/aromatic N) is 2. The van der Waals surface area contributed by atoms with E-state index in [1.54, 1.807) is 22.7 Å². The predicted octanol–water partition coefficient (Wildman–Crippen LogP) is 3.26. The van der Waals surface area contributed by atoms with Crippen LogP contribution in [0.5, 0.6) is 0 Å². The monoisotopic (exact) mass is 276 g/mol. The van der Waals surface area contributed by atoms with E-state index in [1.165, 1.54) is 0 Å². The van der Waals surface area contributed by atoms with Gasteiger partial charge >= 0.3 is 0 Å². The number of rotatable bonds is 3. The van der Waals surface area contributed by atoms with Crippen molar-refractivity contribution in [3.05, 3.63) is 33.7 Å². The van der Waals surface area contributed by atoms with Crippen molar-refractivity contribution in [3.63, 3.8) is 0 Å². The van der Waals surface area contributed by atoms with Crippen molar-refractivity contribution in [2.24, 2.45) is 0 Å². The third kappa shape index (κ3) is 2.16. The molecule has 92 valence electrons. The third-order valence-corrected chi connectivity index (χ3v) is 4.18. The van der Waals surface area contributed by atoms with Crippen LogP contribution in [-0.4, -0.2) is 9.97 Å². The van der Waals surface area contributed by atoms with Gasteiger partial charge in [0, 0.05) is 5.38 Å². The summed E-state index contributed by atoms with van der Waals surface area (Å²) >= 11 is 3.25. The number of anilines is 2. The second kappa shape index (κ2) is 4.55. The number of benzene rings is 1. The highest BCUT2D eigenvalue weighted by Gasteiger charge is 2.06. The molecule has 0 spiro atoms. The smallest absolute Gasteiger partial charge is 0.0907 e. The molecule has 2 heterocycles. The molecule has 6 heteroatoms. The molecule has 18 heavy (non-hydrogen) atoms. The topological polar surface area (TPSA) is 63.8 Å². The number of aromatic nitrogens is 2. The normalized spacial score (nSPS) is 10.9. The van der Waals surface area contributed by atoms with Gasteiger partial charge in [-0.05, 0) is 19.1 Å². The first-order valence-electron chi connectivity index (χ1n) is 5.50. The van der Waals surface area contributed by atoms with Crippen molar-refractivity contribution < 1.29 is 0 Å². The molecule has 0 saturated heterocycles. The SMILES string of the molecule is Cc1nc2cc(NCc3cscn3)c(N)cc2s1. The predicted molar refractivity (Wildman–Crippen MR) is 78.2 cm³/mol. The van der Waals surface area contributed by atoms with Crippen molar-refractivity contribution >= 4 is 44.3 Å². The summed E-state index contributed by atoms with van der Waals surface area (Å²) in [6.45, 7) is 2.69. The molecular formula is C12H12N4S2. The Hall–Kier alpha value is -1.66. The molecule has 0 unspecified atom stereocenters. The van der Waals surface area contributed by atoms with Crippen LogP contribution in [0.4, 0.5) is 11.4 Å². The van der Waals surface area contributed by atoms with Gasteiger partial charge in [0.2, 0.25) is 0 Å². The number of nitrogens with two attached hydrogens (primary N) is 1. The van der Waals surface area contributed by atoms with Gasteiger partial charge in [-0.1, -0.05) is 0 Å². The second-order valence-corrected chi connectivity index (χ2v) is 5.93. The van der Waals surface area contributed by atoms with E-state index in [-0.39, 0.29) is 0 Å². The van der Waals surface area contributed by atoms with Crippen LogP contribution in [0, 0.1) is 6.92 Å². The van der Waals surface area contributed by atoms with Crippen molar-refractivity contribution in [3.8, 4) is 0 Å². The van der Waals surface area contributed by atoms with E-state index in [0.29, 0.717) is 6.54 Å². The van der Waals surface area contributed by atoms with E-state index in [0.717, 1.165) is 32.3 Å². The minimum atomic E-state index is 0.683. The van der Waals surface area contributed by atoms with Crippen LogP contribution < -0.4 is 11.1 Å². The second-order valence-electron chi connectivity index (χ2n) is 3.97. The molecule has 3 aromatic rings. The van der Waals surface area contributed by atoms with Crippen LogP contribution in [0.3, 0.4) is 0 Å². The number of thiazole rings is 2. The number of fused-ring (bicyclic) bond motifs is 1. The van der Waals surface area contributed by atoms with Crippen molar-refractivity contribution in [1.82, 2.24) is 9.97 Å². The first kappa shape index (κ1) is 11.4. The van der Waals surface area contributed by atoms with Crippen molar-refractivity contribution in [2.45, 2.75) is 13.5 Å². The molecule has 0 atom stereocenters. The Morgan fingerprint density at radius 2 is 2.28 bits per heavy atom. The lowest BCUT2D eigenvalue weighted by Crippen LogP contribution is -2.02. The Kier molecular flexibility index (Phi) is 2.89. The van der Waals surface area contributed by atoms with E-state index >= 15 is 0 Å². The van der Waals surface area contributed by atoms with Crippen LogP contribution in [0.2, 0.25) is 0 Å². The highest BCUT2D eigenvalue weighted by Crippen LogP contribution is 2.29. The summed E-state index contributed by atoms with van der Waals surface area (Å²) in [5, 5.41) is 6.38. The number of hydrogen-bond donors (Lipinski definition) is 2. The molecular weight excluding hydrogens is 264 g/mol. The maximum absolute atomic E-state index is 6.03. The van der Waals surface area contributed by atoms with Gasteiger partial charge in [-0.25, -0.2) is 9.97 Å². The lowest BCUT2D eigenvalue weighted by molar-refractivity contribution is 1.08. The van der Waals surface area contributed by atoms with Gasteiger partial charge in [-0.3, -0.25) is 0 Å². The van der Waals surface area contributed by atoms with Crippen LogP contribution in [0.25, 0.3) is 10.2 Å². The van der Waals surface area contributed by atoms with E-state index in [9.17, 15) is 0 Å². The third-order valence-electron chi connectivity index (χ3n) is 2.61. The highest BCUT2D eigenvalue weighted by molar-refractivity contribution is 7.18. The van der Waals surface area contributed by atoms with Crippen molar-refractivity contribution in [1.29, 1.82) is 0 Å². The molecule has 4 nitrogen and oxygen atoms in total. The van der Waals surface area contributed by atoms with Crippen LogP contribution in [0.15, 0.2) is 23.0 Å². The Morgan fingerprint density at radius 3 is 3.06 bits per heavy atom. The number of nitrogens with one attached hydrogen (secondary N) is 1. The van der Waals surface area contributed by atoms with Gasteiger partial charge in [0.25, 0.3) is 0 Å². The molecule has 0 bridgehead atoms. The fourth-order valence-electron chi connectivity index (χ4n) is 1.77. The summed E-state index contributed by atoms with van der Waals surface area (Å²) in [5.74, 6) is 0. The molecule has 0 radical (unpaired) electrons. The molecule has 0 aliphatic rings. The van der Waals surface area contributed by atoms with Crippen LogP contribution >= 0.6 is 22.7 Å². The zero-order valence-electron chi connectivity index (χ0n) is 9.80. The van der Waals surface area contributed by atoms with E-state index in [4.69, 9.17) is 5.73 Å². The van der Waals surface area contributed by atoms with Crippen molar-refractivity contribution in [2.75, 3.05) is 11.1 Å². The molecule has 1 aromatic carbocycles. The lowest BCUT2D eigenvalue weighted by atomic mass is 10.2. The molecule has 0 fully saturated rings. The lowest BCUT2D eigenvalue weighted by Gasteiger charge is -2.07. The highest BCUT2D eigenvalue weighted by atomic mass is 32.1. The Labute approximate surface area is 113 Å². The Bertz CT molecular complexity index is 673. The van der Waals surface area contributed by atoms with Crippen LogP contribution in [-0.2, 0) is 6.54 Å². The fraction of sp³-hybridized carbons (Fsp3) is 0.167. The minimum Gasteiger partial charge on any atom is -0.397 e. The summed E-state index contributed by atoms with van der Waals surface area (Å²) in [5.41, 5.74) is 11.5. The zero-order valence-corrected chi connectivity index (χ0v) is 11.4. The molecule has 0 saturated carbocycles. The summed E-state index contributed by atoms with van der Waals surface area (Å²) in [6.07, 6.45) is 0. The van der Waals surface area contributed by atoms with Gasteiger partial charge in [0.1, 0.15) is 0 Å². The molecule has 3 rings (SSSR count). The van der Waals surface area contributed by atoms with Gasteiger partial charge in [-0.15, -0.1) is 22.7 Å². The fourth-order valence-corrected chi connectivity index (χ4v) is 3.18. The number of nitrogen functional groups attached to an aromatic ring is 1. The van der Waals surface area contributed by atoms with Crippen LogP contribution in [0.1, 0.15) is 10.7 Å². The Morgan fingerprint density at radius 1 is 1.39 bits per heavy atom. The molecule has 2 aromatic heterocycles. The number of aryl methyl sites for hydroxylation is 1.